The second-order valence-electron chi connectivity index (χ2n) is 5.74. The minimum atomic E-state index is -0.116. The smallest absolute Gasteiger partial charge is 0.252 e. The van der Waals surface area contributed by atoms with Gasteiger partial charge in [0.1, 0.15) is 0 Å². The van der Waals surface area contributed by atoms with Crippen LogP contribution in [0.1, 0.15) is 41.7 Å². The van der Waals surface area contributed by atoms with Crippen molar-refractivity contribution in [2.75, 3.05) is 6.61 Å². The van der Waals surface area contributed by atoms with Crippen LogP contribution in [0.2, 0.25) is 0 Å². The first-order valence-electron chi connectivity index (χ1n) is 7.67. The van der Waals surface area contributed by atoms with Crippen molar-refractivity contribution in [2.24, 2.45) is 5.92 Å². The van der Waals surface area contributed by atoms with Crippen LogP contribution in [0, 0.1) is 5.92 Å². The van der Waals surface area contributed by atoms with E-state index in [1.165, 1.54) is 12.8 Å². The molecule has 1 aromatic carbocycles. The molecule has 22 heavy (non-hydrogen) atoms. The molecule has 4 heteroatoms. The SMILES string of the molecule is C[C@H](NC(=O)c1ccnc(OCC2CC2)c1)c1ccccc1. The molecule has 0 saturated heterocycles. The van der Waals surface area contributed by atoms with Gasteiger partial charge in [-0.15, -0.1) is 0 Å². The van der Waals surface area contributed by atoms with Crippen LogP contribution in [-0.2, 0) is 0 Å². The number of aromatic nitrogens is 1. The van der Waals surface area contributed by atoms with Gasteiger partial charge in [-0.1, -0.05) is 30.3 Å². The summed E-state index contributed by atoms with van der Waals surface area (Å²) in [7, 11) is 0. The number of nitrogens with one attached hydrogen (secondary N) is 1. The number of nitrogens with zero attached hydrogens (tertiary/aromatic N) is 1. The minimum absolute atomic E-state index is 0.0438. The third-order valence-corrected chi connectivity index (χ3v) is 3.81. The van der Waals surface area contributed by atoms with Crippen molar-refractivity contribution in [1.29, 1.82) is 0 Å². The van der Waals surface area contributed by atoms with Crippen LogP contribution in [0.5, 0.6) is 5.88 Å². The van der Waals surface area contributed by atoms with Gasteiger partial charge in [0, 0.05) is 17.8 Å². The summed E-state index contributed by atoms with van der Waals surface area (Å²) in [6.07, 6.45) is 4.08. The molecular weight excluding hydrogens is 276 g/mol. The van der Waals surface area contributed by atoms with Crippen molar-refractivity contribution in [3.05, 3.63) is 59.8 Å². The summed E-state index contributed by atoms with van der Waals surface area (Å²) in [5, 5.41) is 2.99. The fourth-order valence-corrected chi connectivity index (χ4v) is 2.22. The number of hydrogen-bond donors (Lipinski definition) is 1. The third-order valence-electron chi connectivity index (χ3n) is 3.81. The molecule has 1 N–H and O–H groups in total. The predicted molar refractivity (Wildman–Crippen MR) is 84.8 cm³/mol. The van der Waals surface area contributed by atoms with E-state index < -0.39 is 0 Å². The number of rotatable bonds is 6. The van der Waals surface area contributed by atoms with Crippen LogP contribution < -0.4 is 10.1 Å². The molecule has 1 atom stereocenters. The van der Waals surface area contributed by atoms with E-state index in [-0.39, 0.29) is 11.9 Å². The molecule has 0 unspecified atom stereocenters. The van der Waals surface area contributed by atoms with Gasteiger partial charge >= 0.3 is 0 Å². The summed E-state index contributed by atoms with van der Waals surface area (Å²) in [5.74, 6) is 1.07. The summed E-state index contributed by atoms with van der Waals surface area (Å²) in [5.41, 5.74) is 1.65. The molecule has 114 valence electrons. The number of carbonyl (C=O) groups is 1. The topological polar surface area (TPSA) is 51.2 Å². The Morgan fingerprint density at radius 1 is 1.32 bits per heavy atom. The summed E-state index contributed by atoms with van der Waals surface area (Å²) >= 11 is 0. The van der Waals surface area contributed by atoms with Crippen LogP contribution in [0.3, 0.4) is 0 Å². The fourth-order valence-electron chi connectivity index (χ4n) is 2.22. The fraction of sp³-hybridized carbons (Fsp3) is 0.333. The van der Waals surface area contributed by atoms with Crippen molar-refractivity contribution in [2.45, 2.75) is 25.8 Å². The lowest BCUT2D eigenvalue weighted by molar-refractivity contribution is 0.0939. The predicted octanol–water partition coefficient (Wildman–Crippen LogP) is 3.36. The molecular formula is C18H20N2O2. The first-order chi connectivity index (χ1) is 10.7. The molecule has 1 saturated carbocycles. The highest BCUT2D eigenvalue weighted by atomic mass is 16.5. The Bertz CT molecular complexity index is 639. The molecule has 0 bridgehead atoms. The Morgan fingerprint density at radius 2 is 2.09 bits per heavy atom. The van der Waals surface area contributed by atoms with E-state index in [2.05, 4.69) is 10.3 Å². The third kappa shape index (κ3) is 3.85. The zero-order valence-corrected chi connectivity index (χ0v) is 12.7. The lowest BCUT2D eigenvalue weighted by atomic mass is 10.1. The number of benzene rings is 1. The number of pyridine rings is 1. The average molecular weight is 296 g/mol. The molecule has 1 aromatic heterocycles. The molecule has 4 nitrogen and oxygen atoms in total. The Labute approximate surface area is 130 Å². The van der Waals surface area contributed by atoms with Crippen LogP contribution >= 0.6 is 0 Å². The van der Waals surface area contributed by atoms with E-state index in [0.29, 0.717) is 24.0 Å². The lowest BCUT2D eigenvalue weighted by Crippen LogP contribution is -2.26. The first kappa shape index (κ1) is 14.6. The van der Waals surface area contributed by atoms with Gasteiger partial charge < -0.3 is 10.1 Å². The molecule has 2 aromatic rings. The lowest BCUT2D eigenvalue weighted by Gasteiger charge is -2.14. The second kappa shape index (κ2) is 6.60. The summed E-state index contributed by atoms with van der Waals surface area (Å²) in [6, 6.07) is 13.3. The van der Waals surface area contributed by atoms with Crippen LogP contribution in [0.4, 0.5) is 0 Å². The highest BCUT2D eigenvalue weighted by Gasteiger charge is 2.22. The van der Waals surface area contributed by atoms with Gasteiger partial charge in [-0.2, -0.15) is 0 Å². The molecule has 3 rings (SSSR count). The van der Waals surface area contributed by atoms with E-state index in [9.17, 15) is 4.79 Å². The van der Waals surface area contributed by atoms with Gasteiger partial charge in [-0.25, -0.2) is 4.98 Å². The van der Waals surface area contributed by atoms with E-state index in [1.807, 2.05) is 37.3 Å². The van der Waals surface area contributed by atoms with Crippen molar-refractivity contribution >= 4 is 5.91 Å². The van der Waals surface area contributed by atoms with Gasteiger partial charge in [-0.3, -0.25) is 4.79 Å². The Hall–Kier alpha value is -2.36. The van der Waals surface area contributed by atoms with Gasteiger partial charge in [0.2, 0.25) is 5.88 Å². The second-order valence-corrected chi connectivity index (χ2v) is 5.74. The van der Waals surface area contributed by atoms with Gasteiger partial charge in [-0.05, 0) is 37.3 Å². The number of carbonyl (C=O) groups excluding carboxylic acids is 1. The molecule has 0 radical (unpaired) electrons. The summed E-state index contributed by atoms with van der Waals surface area (Å²) in [6.45, 7) is 2.66. The van der Waals surface area contributed by atoms with Crippen LogP contribution in [0.25, 0.3) is 0 Å². The quantitative estimate of drug-likeness (QED) is 0.889. The van der Waals surface area contributed by atoms with Gasteiger partial charge in [0.05, 0.1) is 12.6 Å². The highest BCUT2D eigenvalue weighted by Crippen LogP contribution is 2.29. The molecule has 1 aliphatic rings. The molecule has 0 aliphatic heterocycles. The summed E-state index contributed by atoms with van der Waals surface area (Å²) in [4.78, 5) is 16.5. The highest BCUT2D eigenvalue weighted by molar-refractivity contribution is 5.94. The van der Waals surface area contributed by atoms with E-state index in [1.54, 1.807) is 18.3 Å². The molecule has 1 heterocycles. The normalized spacial score (nSPS) is 15.1. The summed E-state index contributed by atoms with van der Waals surface area (Å²) < 4.78 is 5.62. The molecule has 1 aliphatic carbocycles. The Balaban J connectivity index is 1.62. The maximum absolute atomic E-state index is 12.3. The Kier molecular flexibility index (Phi) is 4.37. The first-order valence-corrected chi connectivity index (χ1v) is 7.67. The zero-order valence-electron chi connectivity index (χ0n) is 12.7. The van der Waals surface area contributed by atoms with Crippen molar-refractivity contribution in [3.8, 4) is 5.88 Å². The van der Waals surface area contributed by atoms with E-state index >= 15 is 0 Å². The zero-order chi connectivity index (χ0) is 15.4. The largest absolute Gasteiger partial charge is 0.477 e. The molecule has 0 spiro atoms. The van der Waals surface area contributed by atoms with Crippen LogP contribution in [0.15, 0.2) is 48.7 Å². The monoisotopic (exact) mass is 296 g/mol. The Morgan fingerprint density at radius 3 is 2.82 bits per heavy atom. The van der Waals surface area contributed by atoms with Gasteiger partial charge in [0.25, 0.3) is 5.91 Å². The van der Waals surface area contributed by atoms with E-state index in [4.69, 9.17) is 4.74 Å². The van der Waals surface area contributed by atoms with Gasteiger partial charge in [0.15, 0.2) is 0 Å². The molecule has 1 fully saturated rings. The number of hydrogen-bond acceptors (Lipinski definition) is 3. The van der Waals surface area contributed by atoms with Crippen molar-refractivity contribution in [3.63, 3.8) is 0 Å². The number of amides is 1. The maximum Gasteiger partial charge on any atom is 0.252 e. The number of ether oxygens (including phenoxy) is 1. The van der Waals surface area contributed by atoms with Crippen molar-refractivity contribution in [1.82, 2.24) is 10.3 Å². The standard InChI is InChI=1S/C18H20N2O2/c1-13(15-5-3-2-4-6-15)20-18(21)16-9-10-19-17(11-16)22-12-14-7-8-14/h2-6,9-11,13-14H,7-8,12H2,1H3,(H,20,21)/t13-/m0/s1. The maximum atomic E-state index is 12.3. The minimum Gasteiger partial charge on any atom is -0.477 e. The van der Waals surface area contributed by atoms with E-state index in [0.717, 1.165) is 5.56 Å². The average Bonchev–Trinajstić information content (AvgIpc) is 3.38. The van der Waals surface area contributed by atoms with Crippen molar-refractivity contribution < 1.29 is 9.53 Å². The van der Waals surface area contributed by atoms with Crippen LogP contribution in [-0.4, -0.2) is 17.5 Å². The molecule has 1 amide bonds.